The van der Waals surface area contributed by atoms with Crippen LogP contribution in [0.15, 0.2) is 42.7 Å². The molecule has 4 aromatic rings. The molecule has 0 unspecified atom stereocenters. The number of nitrogen functional groups attached to an aromatic ring is 1. The fraction of sp³-hybridized carbons (Fsp3) is 0.400. The largest absolute Gasteiger partial charge is 0.493 e. The van der Waals surface area contributed by atoms with E-state index in [1.165, 1.54) is 6.33 Å². The summed E-state index contributed by atoms with van der Waals surface area (Å²) in [5, 5.41) is 11.5. The van der Waals surface area contributed by atoms with Crippen molar-refractivity contribution in [1.29, 1.82) is 0 Å². The summed E-state index contributed by atoms with van der Waals surface area (Å²) >= 11 is 0. The van der Waals surface area contributed by atoms with Gasteiger partial charge in [-0.3, -0.25) is 0 Å². The maximum atomic E-state index is 6.31. The van der Waals surface area contributed by atoms with Crippen molar-refractivity contribution in [2.75, 3.05) is 25.4 Å². The first-order valence-corrected chi connectivity index (χ1v) is 11.6. The van der Waals surface area contributed by atoms with Crippen LogP contribution in [0.4, 0.5) is 5.82 Å². The highest BCUT2D eigenvalue weighted by Gasteiger charge is 2.21. The van der Waals surface area contributed by atoms with Crippen molar-refractivity contribution in [2.45, 2.75) is 39.2 Å². The van der Waals surface area contributed by atoms with Crippen LogP contribution in [0.5, 0.6) is 5.75 Å². The Balaban J connectivity index is 1.55. The first-order chi connectivity index (χ1) is 15.7. The van der Waals surface area contributed by atoms with E-state index in [0.717, 1.165) is 90.7 Å². The van der Waals surface area contributed by atoms with E-state index in [4.69, 9.17) is 15.6 Å². The van der Waals surface area contributed by atoms with E-state index in [1.807, 2.05) is 16.8 Å². The minimum atomic E-state index is 0.471. The van der Waals surface area contributed by atoms with E-state index in [0.29, 0.717) is 11.7 Å². The van der Waals surface area contributed by atoms with Crippen molar-refractivity contribution < 1.29 is 4.74 Å². The normalized spacial score (nSPS) is 14.9. The second-order valence-corrected chi connectivity index (χ2v) is 8.58. The van der Waals surface area contributed by atoms with Gasteiger partial charge in [0, 0.05) is 17.5 Å². The van der Waals surface area contributed by atoms with Gasteiger partial charge in [0.15, 0.2) is 5.65 Å². The molecule has 1 aliphatic heterocycles. The molecule has 32 heavy (non-hydrogen) atoms. The lowest BCUT2D eigenvalue weighted by Crippen LogP contribution is -2.30. The van der Waals surface area contributed by atoms with Gasteiger partial charge in [-0.2, -0.15) is 5.10 Å². The van der Waals surface area contributed by atoms with Gasteiger partial charge in [0.05, 0.1) is 12.0 Å². The van der Waals surface area contributed by atoms with Gasteiger partial charge in [-0.15, -0.1) is 0 Å². The molecule has 0 radical (unpaired) electrons. The van der Waals surface area contributed by atoms with Gasteiger partial charge in [-0.05, 0) is 61.9 Å². The molecule has 1 aliphatic rings. The number of piperidine rings is 1. The number of nitrogens with zero attached hydrogens (tertiary/aromatic N) is 4. The monoisotopic (exact) mass is 430 g/mol. The summed E-state index contributed by atoms with van der Waals surface area (Å²) in [6.07, 6.45) is 5.99. The van der Waals surface area contributed by atoms with Crippen LogP contribution >= 0.6 is 0 Å². The smallest absolute Gasteiger partial charge is 0.163 e. The van der Waals surface area contributed by atoms with E-state index in [-0.39, 0.29) is 0 Å². The summed E-state index contributed by atoms with van der Waals surface area (Å²) in [7, 11) is 0. The molecule has 2 aromatic carbocycles. The number of anilines is 1. The third-order valence-electron chi connectivity index (χ3n) is 6.32. The number of hydrogen-bond donors (Lipinski definition) is 2. The standard InChI is InChI=1S/C25H30N6O/c1-2-3-13-32-21-6-4-5-18-14-19(7-8-20(18)21)23-22-24(26)28-16-29-25(22)31(30-23)15-17-9-11-27-12-10-17/h4-8,14,16-17,27H,2-3,9-13,15H2,1H3,(H2,26,28,29). The zero-order chi connectivity index (χ0) is 21.9. The van der Waals surface area contributed by atoms with E-state index in [2.05, 4.69) is 46.5 Å². The Morgan fingerprint density at radius 2 is 2.03 bits per heavy atom. The van der Waals surface area contributed by atoms with Crippen molar-refractivity contribution in [2.24, 2.45) is 5.92 Å². The molecule has 0 bridgehead atoms. The third kappa shape index (κ3) is 4.00. The van der Waals surface area contributed by atoms with Crippen molar-refractivity contribution >= 4 is 27.6 Å². The Labute approximate surface area is 188 Å². The summed E-state index contributed by atoms with van der Waals surface area (Å²) < 4.78 is 8.04. The van der Waals surface area contributed by atoms with Gasteiger partial charge >= 0.3 is 0 Å². The Kier molecular flexibility index (Phi) is 5.90. The number of fused-ring (bicyclic) bond motifs is 2. The third-order valence-corrected chi connectivity index (χ3v) is 6.32. The van der Waals surface area contributed by atoms with Gasteiger partial charge in [-0.1, -0.05) is 31.5 Å². The Morgan fingerprint density at radius 3 is 2.88 bits per heavy atom. The maximum absolute atomic E-state index is 6.31. The molecule has 3 N–H and O–H groups in total. The van der Waals surface area contributed by atoms with Crippen LogP contribution in [-0.2, 0) is 6.54 Å². The van der Waals surface area contributed by atoms with Gasteiger partial charge in [0.25, 0.3) is 0 Å². The molecule has 0 atom stereocenters. The summed E-state index contributed by atoms with van der Waals surface area (Å²) in [6.45, 7) is 5.86. The molecule has 0 saturated carbocycles. The molecule has 2 aromatic heterocycles. The van der Waals surface area contributed by atoms with E-state index < -0.39 is 0 Å². The Hall–Kier alpha value is -3.19. The molecular weight excluding hydrogens is 400 g/mol. The highest BCUT2D eigenvalue weighted by molar-refractivity contribution is 6.00. The average molecular weight is 431 g/mol. The van der Waals surface area contributed by atoms with Crippen LogP contribution in [-0.4, -0.2) is 39.4 Å². The number of benzene rings is 2. The first-order valence-electron chi connectivity index (χ1n) is 11.6. The van der Waals surface area contributed by atoms with E-state index in [9.17, 15) is 0 Å². The van der Waals surface area contributed by atoms with E-state index in [1.54, 1.807) is 0 Å². The van der Waals surface area contributed by atoms with Crippen LogP contribution in [0.25, 0.3) is 33.1 Å². The zero-order valence-electron chi connectivity index (χ0n) is 18.6. The fourth-order valence-electron chi connectivity index (χ4n) is 4.52. The summed E-state index contributed by atoms with van der Waals surface area (Å²) in [6, 6.07) is 12.6. The molecule has 0 spiro atoms. The number of hydrogen-bond acceptors (Lipinski definition) is 6. The fourth-order valence-corrected chi connectivity index (χ4v) is 4.52. The lowest BCUT2D eigenvalue weighted by Gasteiger charge is -2.22. The number of nitrogens with one attached hydrogen (secondary N) is 1. The van der Waals surface area contributed by atoms with Crippen LogP contribution in [0.2, 0.25) is 0 Å². The summed E-state index contributed by atoms with van der Waals surface area (Å²) in [4.78, 5) is 8.80. The lowest BCUT2D eigenvalue weighted by atomic mass is 9.98. The van der Waals surface area contributed by atoms with Gasteiger partial charge < -0.3 is 15.8 Å². The van der Waals surface area contributed by atoms with Crippen LogP contribution in [0, 0.1) is 5.92 Å². The molecule has 7 nitrogen and oxygen atoms in total. The molecule has 166 valence electrons. The van der Waals surface area contributed by atoms with Crippen LogP contribution in [0.3, 0.4) is 0 Å². The molecule has 0 amide bonds. The highest BCUT2D eigenvalue weighted by Crippen LogP contribution is 2.34. The number of unbranched alkanes of at least 4 members (excludes halogenated alkanes) is 1. The van der Waals surface area contributed by atoms with Gasteiger partial charge in [-0.25, -0.2) is 14.6 Å². The minimum Gasteiger partial charge on any atom is -0.493 e. The molecule has 7 heteroatoms. The van der Waals surface area contributed by atoms with Crippen molar-refractivity contribution in [3.63, 3.8) is 0 Å². The summed E-state index contributed by atoms with van der Waals surface area (Å²) in [5.74, 6) is 1.98. The van der Waals surface area contributed by atoms with Crippen LogP contribution < -0.4 is 15.8 Å². The zero-order valence-corrected chi connectivity index (χ0v) is 18.6. The quantitative estimate of drug-likeness (QED) is 0.422. The predicted molar refractivity (Wildman–Crippen MR) is 129 cm³/mol. The van der Waals surface area contributed by atoms with Gasteiger partial charge in [0.1, 0.15) is 23.6 Å². The Bertz CT molecular complexity index is 1230. The Morgan fingerprint density at radius 1 is 1.16 bits per heavy atom. The van der Waals surface area contributed by atoms with Crippen LogP contribution in [0.1, 0.15) is 32.6 Å². The molecule has 3 heterocycles. The predicted octanol–water partition coefficient (Wildman–Crippen LogP) is 4.41. The average Bonchev–Trinajstić information content (AvgIpc) is 3.19. The number of aromatic nitrogens is 4. The minimum absolute atomic E-state index is 0.471. The van der Waals surface area contributed by atoms with Crippen molar-refractivity contribution in [3.8, 4) is 17.0 Å². The second kappa shape index (κ2) is 9.12. The number of nitrogens with two attached hydrogens (primary N) is 1. The molecular formula is C25H30N6O. The maximum Gasteiger partial charge on any atom is 0.163 e. The van der Waals surface area contributed by atoms with E-state index >= 15 is 0 Å². The first kappa shape index (κ1) is 20.7. The molecule has 1 fully saturated rings. The second-order valence-electron chi connectivity index (χ2n) is 8.58. The number of rotatable bonds is 7. The van der Waals surface area contributed by atoms with Crippen molar-refractivity contribution in [3.05, 3.63) is 42.7 Å². The molecule has 5 rings (SSSR count). The number of ether oxygens (including phenoxy) is 1. The lowest BCUT2D eigenvalue weighted by molar-refractivity contribution is 0.313. The highest BCUT2D eigenvalue weighted by atomic mass is 16.5. The van der Waals surface area contributed by atoms with Crippen molar-refractivity contribution in [1.82, 2.24) is 25.1 Å². The SMILES string of the molecule is CCCCOc1cccc2cc(-c3nn(CC4CCNCC4)c4ncnc(N)c34)ccc12. The molecule has 0 aliphatic carbocycles. The molecule has 1 saturated heterocycles. The summed E-state index contributed by atoms with van der Waals surface area (Å²) in [5.41, 5.74) is 8.97. The topological polar surface area (TPSA) is 90.9 Å². The van der Waals surface area contributed by atoms with Gasteiger partial charge in [0.2, 0.25) is 0 Å².